The van der Waals surface area contributed by atoms with Crippen molar-refractivity contribution in [3.63, 3.8) is 0 Å². The number of halogens is 1. The number of aromatic nitrogens is 2. The number of hydrogen-bond donors (Lipinski definition) is 1. The summed E-state index contributed by atoms with van der Waals surface area (Å²) in [5.41, 5.74) is 6.08. The van der Waals surface area contributed by atoms with Crippen molar-refractivity contribution in [3.8, 4) is 5.69 Å². The summed E-state index contributed by atoms with van der Waals surface area (Å²) in [6, 6.07) is 17.6. The van der Waals surface area contributed by atoms with Gasteiger partial charge in [0.1, 0.15) is 11.9 Å². The molecule has 12 heteroatoms. The number of amides is 4. The van der Waals surface area contributed by atoms with E-state index >= 15 is 0 Å². The molecule has 0 radical (unpaired) electrons. The van der Waals surface area contributed by atoms with Crippen molar-refractivity contribution in [2.24, 2.45) is 5.92 Å². The van der Waals surface area contributed by atoms with Gasteiger partial charge >= 0.3 is 0 Å². The van der Waals surface area contributed by atoms with E-state index in [9.17, 15) is 24.0 Å². The van der Waals surface area contributed by atoms with Crippen LogP contribution in [0.1, 0.15) is 114 Å². The minimum absolute atomic E-state index is 0.103. The van der Waals surface area contributed by atoms with Gasteiger partial charge in [-0.25, -0.2) is 0 Å². The molecular formula is C44H45BrN6O5. The summed E-state index contributed by atoms with van der Waals surface area (Å²) in [7, 11) is 0. The summed E-state index contributed by atoms with van der Waals surface area (Å²) in [6.45, 7) is 4.97. The van der Waals surface area contributed by atoms with Gasteiger partial charge in [0, 0.05) is 36.2 Å². The fourth-order valence-electron chi connectivity index (χ4n) is 10.8. The Morgan fingerprint density at radius 3 is 2.34 bits per heavy atom. The van der Waals surface area contributed by atoms with Crippen molar-refractivity contribution in [2.75, 3.05) is 37.6 Å². The molecule has 1 spiro atoms. The Balaban J connectivity index is 0.790. The van der Waals surface area contributed by atoms with Crippen LogP contribution in [-0.4, -0.2) is 81.7 Å². The van der Waals surface area contributed by atoms with Crippen LogP contribution in [0.4, 0.5) is 5.69 Å². The third-order valence-corrected chi connectivity index (χ3v) is 14.4. The Morgan fingerprint density at radius 2 is 1.57 bits per heavy atom. The smallest absolute Gasteiger partial charge is 0.281 e. The topological polar surface area (TPSA) is 125 Å². The second-order valence-corrected chi connectivity index (χ2v) is 17.7. The zero-order chi connectivity index (χ0) is 38.3. The molecule has 3 aromatic carbocycles. The van der Waals surface area contributed by atoms with Gasteiger partial charge in [0.2, 0.25) is 11.8 Å². The summed E-state index contributed by atoms with van der Waals surface area (Å²) >= 11 is 3.64. The van der Waals surface area contributed by atoms with E-state index in [0.717, 1.165) is 110 Å². The molecule has 10 rings (SSSR count). The summed E-state index contributed by atoms with van der Waals surface area (Å²) in [4.78, 5) is 74.9. The largest absolute Gasteiger partial charge is 0.371 e. The van der Waals surface area contributed by atoms with E-state index in [2.05, 4.69) is 59.9 Å². The maximum absolute atomic E-state index is 13.4. The zero-order valence-electron chi connectivity index (χ0n) is 31.4. The van der Waals surface area contributed by atoms with E-state index in [-0.39, 0.29) is 29.7 Å². The zero-order valence-corrected chi connectivity index (χ0v) is 33.0. The molecule has 3 saturated heterocycles. The number of carbonyl (C=O) groups excluding carboxylic acids is 4. The molecule has 1 unspecified atom stereocenters. The average molecular weight is 818 g/mol. The standard InChI is InChI=1S/C44H45BrN6O5/c45-33-5-4-6-34-38(33)40(54)47-43-44(17-2-1-3-18-44)32-10-7-28(23-36(32)50(34)43)27-15-19-48(20-16-27)25-26-13-21-49(22-14-26)29-8-9-30-31(24-29)42(56)51(41(30)55)35-11-12-37(52)46-39(35)53/h4-10,23-24,26-27,35H,1-3,11-22,25H2,(H,46,52,53). The molecule has 4 amide bonds. The maximum Gasteiger partial charge on any atom is 0.281 e. The first-order chi connectivity index (χ1) is 27.2. The number of hydrogen-bond acceptors (Lipinski definition) is 8. The number of nitrogens with zero attached hydrogens (tertiary/aromatic N) is 5. The van der Waals surface area contributed by atoms with Crippen molar-refractivity contribution in [1.29, 1.82) is 0 Å². The number of imide groups is 2. The molecule has 1 aliphatic carbocycles. The van der Waals surface area contributed by atoms with Crippen LogP contribution in [0, 0.1) is 5.92 Å². The van der Waals surface area contributed by atoms with Crippen LogP contribution in [0.3, 0.4) is 0 Å². The van der Waals surface area contributed by atoms with Gasteiger partial charge in [0.15, 0.2) is 0 Å². The summed E-state index contributed by atoms with van der Waals surface area (Å²) < 4.78 is 3.10. The molecule has 6 aliphatic rings. The van der Waals surface area contributed by atoms with Gasteiger partial charge in [0.05, 0.1) is 33.1 Å². The quantitative estimate of drug-likeness (QED) is 0.236. The second-order valence-electron chi connectivity index (χ2n) is 16.8. The normalized spacial score (nSPS) is 22.8. The Labute approximate surface area is 333 Å². The highest BCUT2D eigenvalue weighted by Crippen LogP contribution is 2.52. The van der Waals surface area contributed by atoms with Crippen LogP contribution < -0.4 is 15.8 Å². The first kappa shape index (κ1) is 35.7. The maximum atomic E-state index is 13.4. The second kappa shape index (κ2) is 13.8. The Hall–Kier alpha value is -4.68. The van der Waals surface area contributed by atoms with Crippen molar-refractivity contribution < 1.29 is 19.2 Å². The molecule has 288 valence electrons. The number of nitrogens with one attached hydrogen (secondary N) is 1. The highest BCUT2D eigenvalue weighted by Gasteiger charge is 2.47. The Bertz CT molecular complexity index is 2390. The lowest BCUT2D eigenvalue weighted by Gasteiger charge is -2.38. The number of fused-ring (bicyclic) bond motifs is 8. The molecule has 0 bridgehead atoms. The first-order valence-corrected chi connectivity index (χ1v) is 21.2. The third-order valence-electron chi connectivity index (χ3n) is 13.8. The van der Waals surface area contributed by atoms with Crippen LogP contribution in [0.5, 0.6) is 0 Å². The minimum Gasteiger partial charge on any atom is -0.371 e. The summed E-state index contributed by atoms with van der Waals surface area (Å²) in [5, 5.41) is 2.91. The third kappa shape index (κ3) is 5.69. The SMILES string of the molecule is O=C1CCC(N2C(=O)c3ccc(N4CCC(CN5CCC(c6ccc7c(c6)-n6c(nc(=O)c8c(Br)cccc86)C76CCCCC6)CC5)CC4)cc3C2=O)C(=O)N1. The molecule has 4 aromatic rings. The van der Waals surface area contributed by atoms with Gasteiger partial charge in [-0.15, -0.1) is 0 Å². The van der Waals surface area contributed by atoms with Crippen LogP contribution in [0.25, 0.3) is 16.6 Å². The van der Waals surface area contributed by atoms with Crippen LogP contribution in [0.15, 0.2) is 63.9 Å². The highest BCUT2D eigenvalue weighted by molar-refractivity contribution is 9.10. The molecular weight excluding hydrogens is 772 g/mol. The van der Waals surface area contributed by atoms with Gasteiger partial charge < -0.3 is 9.80 Å². The molecule has 5 aliphatic heterocycles. The number of rotatable bonds is 5. The number of benzene rings is 3. The monoisotopic (exact) mass is 816 g/mol. The van der Waals surface area contributed by atoms with Crippen LogP contribution >= 0.6 is 15.9 Å². The lowest BCUT2D eigenvalue weighted by Crippen LogP contribution is -2.54. The first-order valence-electron chi connectivity index (χ1n) is 20.4. The lowest BCUT2D eigenvalue weighted by atomic mass is 9.69. The molecule has 4 fully saturated rings. The molecule has 11 nitrogen and oxygen atoms in total. The molecule has 1 aromatic heterocycles. The van der Waals surface area contributed by atoms with Crippen molar-refractivity contribution in [3.05, 3.63) is 97.5 Å². The number of piperidine rings is 3. The number of anilines is 1. The van der Waals surface area contributed by atoms with Crippen molar-refractivity contribution >= 4 is 56.1 Å². The van der Waals surface area contributed by atoms with E-state index in [4.69, 9.17) is 4.98 Å². The molecule has 1 saturated carbocycles. The van der Waals surface area contributed by atoms with E-state index in [1.54, 1.807) is 12.1 Å². The van der Waals surface area contributed by atoms with Crippen molar-refractivity contribution in [1.82, 2.24) is 24.7 Å². The average Bonchev–Trinajstić information content (AvgIpc) is 3.61. The van der Waals surface area contributed by atoms with Crippen LogP contribution in [-0.2, 0) is 15.0 Å². The van der Waals surface area contributed by atoms with E-state index in [1.165, 1.54) is 23.2 Å². The lowest BCUT2D eigenvalue weighted by molar-refractivity contribution is -0.136. The van der Waals surface area contributed by atoms with E-state index < -0.39 is 23.8 Å². The van der Waals surface area contributed by atoms with Gasteiger partial charge in [-0.1, -0.05) is 37.5 Å². The molecule has 56 heavy (non-hydrogen) atoms. The van der Waals surface area contributed by atoms with E-state index in [1.807, 2.05) is 18.2 Å². The van der Waals surface area contributed by atoms with Gasteiger partial charge in [-0.05, 0) is 133 Å². The molecule has 1 N–H and O–H groups in total. The predicted molar refractivity (Wildman–Crippen MR) is 215 cm³/mol. The van der Waals surface area contributed by atoms with Crippen LogP contribution in [0.2, 0.25) is 0 Å². The summed E-state index contributed by atoms with van der Waals surface area (Å²) in [5.74, 6) is 0.0900. The molecule has 1 atom stereocenters. The van der Waals surface area contributed by atoms with E-state index in [0.29, 0.717) is 28.3 Å². The number of likely N-dealkylation sites (tertiary alicyclic amines) is 1. The van der Waals surface area contributed by atoms with Gasteiger partial charge in [-0.2, -0.15) is 4.98 Å². The molecule has 6 heterocycles. The van der Waals surface area contributed by atoms with Gasteiger partial charge in [0.25, 0.3) is 17.4 Å². The fraction of sp³-hybridized carbons (Fsp3) is 0.455. The predicted octanol–water partition coefficient (Wildman–Crippen LogP) is 6.21. The Morgan fingerprint density at radius 1 is 0.804 bits per heavy atom. The van der Waals surface area contributed by atoms with Gasteiger partial charge in [-0.3, -0.25) is 38.8 Å². The fourth-order valence-corrected chi connectivity index (χ4v) is 11.3. The minimum atomic E-state index is -0.960. The Kier molecular flexibility index (Phi) is 8.77. The van der Waals surface area contributed by atoms with Crippen molar-refractivity contribution in [2.45, 2.75) is 88.0 Å². The number of carbonyl (C=O) groups is 4. The highest BCUT2D eigenvalue weighted by atomic mass is 79.9. The summed E-state index contributed by atoms with van der Waals surface area (Å²) in [6.07, 6.45) is 10.2.